The first kappa shape index (κ1) is 20.4. The van der Waals surface area contributed by atoms with Gasteiger partial charge in [-0.3, -0.25) is 14.2 Å². The molecule has 6 nitrogen and oxygen atoms in total. The number of aryl methyl sites for hydroxylation is 1. The van der Waals surface area contributed by atoms with E-state index in [1.54, 1.807) is 31.2 Å². The number of unbranched alkanes of at least 4 members (excludes halogenated alkanes) is 1. The van der Waals surface area contributed by atoms with Crippen molar-refractivity contribution in [3.05, 3.63) is 58.4 Å². The number of hydrogen-bond acceptors (Lipinski definition) is 5. The minimum absolute atomic E-state index is 0.200. The van der Waals surface area contributed by atoms with E-state index < -0.39 is 0 Å². The number of esters is 1. The van der Waals surface area contributed by atoms with Gasteiger partial charge in [0.05, 0.1) is 18.0 Å². The molecule has 0 saturated heterocycles. The summed E-state index contributed by atoms with van der Waals surface area (Å²) >= 11 is 0. The van der Waals surface area contributed by atoms with Crippen LogP contribution in [-0.4, -0.2) is 22.6 Å². The van der Waals surface area contributed by atoms with Crippen molar-refractivity contribution in [2.45, 2.75) is 39.2 Å². The Morgan fingerprint density at radius 3 is 2.85 bits per heavy atom. The van der Waals surface area contributed by atoms with Crippen LogP contribution in [-0.2, 0) is 22.5 Å². The molecule has 0 amide bonds. The number of nitrogens with zero attached hydrogens (tertiary/aromatic N) is 2. The highest BCUT2D eigenvalue weighted by Gasteiger charge is 2.11. The number of allylic oxidation sites excluding steroid dienone is 4. The maximum atomic E-state index is 13.3. The fourth-order valence-corrected chi connectivity index (χ4v) is 2.68. The van der Waals surface area contributed by atoms with Gasteiger partial charge < -0.3 is 10.5 Å². The van der Waals surface area contributed by atoms with Crippen molar-refractivity contribution in [2.24, 2.45) is 0 Å². The Kier molecular flexibility index (Phi) is 7.28. The number of hydrogen-bond donors (Lipinski definition) is 1. The van der Waals surface area contributed by atoms with Crippen LogP contribution in [0.1, 0.15) is 32.0 Å². The molecule has 27 heavy (non-hydrogen) atoms. The minimum Gasteiger partial charge on any atom is -0.469 e. The van der Waals surface area contributed by atoms with Gasteiger partial charge in [0, 0.05) is 25.1 Å². The molecule has 7 heteroatoms. The highest BCUT2D eigenvalue weighted by molar-refractivity contribution is 5.80. The van der Waals surface area contributed by atoms with E-state index in [4.69, 9.17) is 5.73 Å². The number of ether oxygens (including phenoxy) is 1. The number of aromatic nitrogens is 2. The van der Waals surface area contributed by atoms with Crippen molar-refractivity contribution in [3.8, 4) is 0 Å². The van der Waals surface area contributed by atoms with Crippen LogP contribution < -0.4 is 11.3 Å². The predicted octanol–water partition coefficient (Wildman–Crippen LogP) is 3.29. The normalized spacial score (nSPS) is 12.0. The third kappa shape index (κ3) is 5.51. The SMILES string of the molecule is C/C=C(F)\C=C/Cn1c(CCCCC(=O)OC)nc2cc(N)ccc2c1=O. The predicted molar refractivity (Wildman–Crippen MR) is 104 cm³/mol. The average molecular weight is 373 g/mol. The van der Waals surface area contributed by atoms with Crippen LogP contribution in [0.15, 0.2) is 47.0 Å². The van der Waals surface area contributed by atoms with Crippen molar-refractivity contribution in [3.63, 3.8) is 0 Å². The van der Waals surface area contributed by atoms with Crippen LogP contribution in [0.2, 0.25) is 0 Å². The van der Waals surface area contributed by atoms with Gasteiger partial charge in [-0.1, -0.05) is 12.2 Å². The number of anilines is 1. The lowest BCUT2D eigenvalue weighted by Gasteiger charge is -2.12. The largest absolute Gasteiger partial charge is 0.469 e. The summed E-state index contributed by atoms with van der Waals surface area (Å²) in [7, 11) is 1.35. The van der Waals surface area contributed by atoms with Crippen molar-refractivity contribution < 1.29 is 13.9 Å². The molecule has 1 heterocycles. The van der Waals surface area contributed by atoms with Gasteiger partial charge in [-0.25, -0.2) is 9.37 Å². The van der Waals surface area contributed by atoms with E-state index in [1.165, 1.54) is 23.8 Å². The van der Waals surface area contributed by atoms with E-state index >= 15 is 0 Å². The second-order valence-electron chi connectivity index (χ2n) is 6.08. The molecule has 2 aromatic rings. The van der Waals surface area contributed by atoms with Crippen LogP contribution in [0.25, 0.3) is 10.9 Å². The molecule has 2 N–H and O–H groups in total. The van der Waals surface area contributed by atoms with E-state index in [0.717, 1.165) is 0 Å². The summed E-state index contributed by atoms with van der Waals surface area (Å²) in [6.07, 6.45) is 6.36. The number of halogens is 1. The third-order valence-electron chi connectivity index (χ3n) is 4.16. The molecule has 144 valence electrons. The Morgan fingerprint density at radius 1 is 1.37 bits per heavy atom. The van der Waals surface area contributed by atoms with E-state index in [0.29, 0.717) is 48.1 Å². The Hall–Kier alpha value is -2.96. The first-order valence-corrected chi connectivity index (χ1v) is 8.80. The van der Waals surface area contributed by atoms with Gasteiger partial charge in [-0.15, -0.1) is 0 Å². The lowest BCUT2D eigenvalue weighted by Crippen LogP contribution is -2.25. The molecule has 0 radical (unpaired) electrons. The smallest absolute Gasteiger partial charge is 0.305 e. The molecular weight excluding hydrogens is 349 g/mol. The van der Waals surface area contributed by atoms with Gasteiger partial charge in [-0.05, 0) is 44.0 Å². The Balaban J connectivity index is 2.32. The van der Waals surface area contributed by atoms with Gasteiger partial charge in [0.2, 0.25) is 0 Å². The molecule has 1 aromatic heterocycles. The van der Waals surface area contributed by atoms with Gasteiger partial charge in [0.25, 0.3) is 5.56 Å². The molecule has 0 aliphatic heterocycles. The van der Waals surface area contributed by atoms with Gasteiger partial charge >= 0.3 is 5.97 Å². The molecule has 0 atom stereocenters. The van der Waals surface area contributed by atoms with Gasteiger partial charge in [-0.2, -0.15) is 0 Å². The fourth-order valence-electron chi connectivity index (χ4n) is 2.68. The zero-order chi connectivity index (χ0) is 19.8. The Bertz CT molecular complexity index is 932. The first-order chi connectivity index (χ1) is 13.0. The number of carbonyl (C=O) groups is 1. The standard InChI is InChI=1S/C20H24FN3O3/c1-3-14(21)7-6-12-24-18(8-4-5-9-19(25)27-2)23-17-13-15(22)10-11-16(17)20(24)26/h3,6-7,10-11,13H,4-5,8-9,12,22H2,1-2H3/b7-6-,14-3+. The maximum Gasteiger partial charge on any atom is 0.305 e. The average Bonchev–Trinajstić information content (AvgIpc) is 2.66. The van der Waals surface area contributed by atoms with Crippen LogP contribution in [0.4, 0.5) is 10.1 Å². The van der Waals surface area contributed by atoms with Crippen LogP contribution in [0, 0.1) is 0 Å². The zero-order valence-corrected chi connectivity index (χ0v) is 15.6. The van der Waals surface area contributed by atoms with Gasteiger partial charge in [0.15, 0.2) is 0 Å². The van der Waals surface area contributed by atoms with E-state index in [1.807, 2.05) is 0 Å². The molecule has 0 fully saturated rings. The number of fused-ring (bicyclic) bond motifs is 1. The van der Waals surface area contributed by atoms with Crippen molar-refractivity contribution in [1.82, 2.24) is 9.55 Å². The monoisotopic (exact) mass is 373 g/mol. The van der Waals surface area contributed by atoms with E-state index in [-0.39, 0.29) is 23.9 Å². The molecule has 1 aromatic carbocycles. The number of rotatable bonds is 8. The maximum absolute atomic E-state index is 13.3. The second-order valence-corrected chi connectivity index (χ2v) is 6.08. The van der Waals surface area contributed by atoms with Crippen LogP contribution in [0.3, 0.4) is 0 Å². The van der Waals surface area contributed by atoms with Crippen LogP contribution >= 0.6 is 0 Å². The summed E-state index contributed by atoms with van der Waals surface area (Å²) in [5, 5.41) is 0.461. The summed E-state index contributed by atoms with van der Waals surface area (Å²) in [6.45, 7) is 1.81. The highest BCUT2D eigenvalue weighted by atomic mass is 19.1. The molecule has 0 aliphatic carbocycles. The van der Waals surface area contributed by atoms with E-state index in [9.17, 15) is 14.0 Å². The lowest BCUT2D eigenvalue weighted by atomic mass is 10.1. The van der Waals surface area contributed by atoms with Crippen molar-refractivity contribution >= 4 is 22.6 Å². The fraction of sp³-hybridized carbons (Fsp3) is 0.350. The summed E-state index contributed by atoms with van der Waals surface area (Å²) < 4.78 is 19.5. The highest BCUT2D eigenvalue weighted by Crippen LogP contribution is 2.14. The lowest BCUT2D eigenvalue weighted by molar-refractivity contribution is -0.140. The number of nitrogens with two attached hydrogens (primary N) is 1. The quantitative estimate of drug-likeness (QED) is 0.332. The van der Waals surface area contributed by atoms with Crippen molar-refractivity contribution in [1.29, 1.82) is 0 Å². The third-order valence-corrected chi connectivity index (χ3v) is 4.16. The topological polar surface area (TPSA) is 87.2 Å². The number of benzene rings is 1. The first-order valence-electron chi connectivity index (χ1n) is 8.80. The molecule has 0 saturated carbocycles. The summed E-state index contributed by atoms with van der Waals surface area (Å²) in [6, 6.07) is 4.96. The van der Waals surface area contributed by atoms with Gasteiger partial charge in [0.1, 0.15) is 11.7 Å². The second kappa shape index (κ2) is 9.66. The summed E-state index contributed by atoms with van der Waals surface area (Å²) in [5.74, 6) is -0.0610. The minimum atomic E-state index is -0.371. The Morgan fingerprint density at radius 2 is 2.15 bits per heavy atom. The summed E-state index contributed by atoms with van der Waals surface area (Å²) in [4.78, 5) is 28.7. The molecule has 0 aliphatic rings. The van der Waals surface area contributed by atoms with Crippen LogP contribution in [0.5, 0.6) is 0 Å². The molecule has 2 rings (SSSR count). The summed E-state index contributed by atoms with van der Waals surface area (Å²) in [5.41, 5.74) is 6.66. The Labute approximate surface area is 157 Å². The molecule has 0 bridgehead atoms. The number of carbonyl (C=O) groups excluding carboxylic acids is 1. The molecule has 0 spiro atoms. The van der Waals surface area contributed by atoms with E-state index in [2.05, 4.69) is 9.72 Å². The number of methoxy groups -OCH3 is 1. The van der Waals surface area contributed by atoms with Crippen molar-refractivity contribution in [2.75, 3.05) is 12.8 Å². The molecule has 0 unspecified atom stereocenters. The molecular formula is C20H24FN3O3. The number of nitrogen functional groups attached to an aromatic ring is 1. The zero-order valence-electron chi connectivity index (χ0n) is 15.6.